The van der Waals surface area contributed by atoms with Crippen LogP contribution in [0.1, 0.15) is 32.3 Å². The van der Waals surface area contributed by atoms with Gasteiger partial charge in [-0.05, 0) is 43.6 Å². The van der Waals surface area contributed by atoms with Gasteiger partial charge in [0.25, 0.3) is 0 Å². The highest BCUT2D eigenvalue weighted by atomic mass is 16.5. The van der Waals surface area contributed by atoms with Gasteiger partial charge in [0.15, 0.2) is 0 Å². The molecule has 0 saturated heterocycles. The standard InChI is InChI=1S/C15H26N2O/c1-3-10-17(4-2)11-5-12-18-15-8-6-14(13-16)7-9-15/h6-9H,3-5,10-13,16H2,1-2H3. The molecule has 102 valence electrons. The Morgan fingerprint density at radius 1 is 1.11 bits per heavy atom. The second kappa shape index (κ2) is 8.95. The molecule has 1 aromatic rings. The number of benzene rings is 1. The summed E-state index contributed by atoms with van der Waals surface area (Å²) in [5, 5.41) is 0. The third-order valence-corrected chi connectivity index (χ3v) is 3.03. The van der Waals surface area contributed by atoms with Crippen LogP contribution < -0.4 is 10.5 Å². The lowest BCUT2D eigenvalue weighted by Crippen LogP contribution is -2.26. The van der Waals surface area contributed by atoms with Gasteiger partial charge in [0.1, 0.15) is 5.75 Å². The number of hydrogen-bond acceptors (Lipinski definition) is 3. The van der Waals surface area contributed by atoms with E-state index in [9.17, 15) is 0 Å². The Morgan fingerprint density at radius 2 is 1.83 bits per heavy atom. The molecule has 0 aliphatic carbocycles. The quantitative estimate of drug-likeness (QED) is 0.685. The van der Waals surface area contributed by atoms with Crippen LogP contribution >= 0.6 is 0 Å². The normalized spacial score (nSPS) is 10.9. The topological polar surface area (TPSA) is 38.5 Å². The molecule has 0 aliphatic heterocycles. The lowest BCUT2D eigenvalue weighted by Gasteiger charge is -2.19. The first kappa shape index (κ1) is 15.0. The maximum absolute atomic E-state index is 5.71. The summed E-state index contributed by atoms with van der Waals surface area (Å²) in [5.74, 6) is 0.936. The summed E-state index contributed by atoms with van der Waals surface area (Å²) >= 11 is 0. The van der Waals surface area contributed by atoms with E-state index in [2.05, 4.69) is 18.7 Å². The SMILES string of the molecule is CCCN(CC)CCCOc1ccc(CN)cc1. The zero-order chi connectivity index (χ0) is 13.2. The van der Waals surface area contributed by atoms with Crippen LogP contribution in [0.4, 0.5) is 0 Å². The summed E-state index contributed by atoms with van der Waals surface area (Å²) in [6.45, 7) is 9.22. The average molecular weight is 250 g/mol. The molecule has 0 atom stereocenters. The van der Waals surface area contributed by atoms with E-state index in [4.69, 9.17) is 10.5 Å². The van der Waals surface area contributed by atoms with Crippen molar-refractivity contribution in [2.75, 3.05) is 26.2 Å². The molecule has 0 amide bonds. The summed E-state index contributed by atoms with van der Waals surface area (Å²) in [7, 11) is 0. The maximum Gasteiger partial charge on any atom is 0.119 e. The van der Waals surface area contributed by atoms with Crippen LogP contribution in [-0.2, 0) is 6.54 Å². The van der Waals surface area contributed by atoms with E-state index in [1.54, 1.807) is 0 Å². The van der Waals surface area contributed by atoms with E-state index in [1.807, 2.05) is 24.3 Å². The number of ether oxygens (including phenoxy) is 1. The van der Waals surface area contributed by atoms with E-state index < -0.39 is 0 Å². The number of rotatable bonds is 9. The van der Waals surface area contributed by atoms with E-state index in [-0.39, 0.29) is 0 Å². The largest absolute Gasteiger partial charge is 0.494 e. The maximum atomic E-state index is 5.71. The summed E-state index contributed by atoms with van der Waals surface area (Å²) in [5.41, 5.74) is 6.69. The van der Waals surface area contributed by atoms with Crippen LogP contribution in [-0.4, -0.2) is 31.1 Å². The van der Waals surface area contributed by atoms with E-state index >= 15 is 0 Å². The second-order valence-electron chi connectivity index (χ2n) is 4.48. The molecule has 2 N–H and O–H groups in total. The van der Waals surface area contributed by atoms with E-state index in [0.717, 1.165) is 37.4 Å². The van der Waals surface area contributed by atoms with Gasteiger partial charge in [-0.25, -0.2) is 0 Å². The molecule has 3 heteroatoms. The zero-order valence-corrected chi connectivity index (χ0v) is 11.7. The Bertz CT molecular complexity index is 311. The van der Waals surface area contributed by atoms with Crippen molar-refractivity contribution in [2.24, 2.45) is 5.73 Å². The number of nitrogens with zero attached hydrogens (tertiary/aromatic N) is 1. The summed E-state index contributed by atoms with van der Waals surface area (Å²) in [4.78, 5) is 2.46. The zero-order valence-electron chi connectivity index (χ0n) is 11.7. The summed E-state index contributed by atoms with van der Waals surface area (Å²) in [6.07, 6.45) is 2.29. The predicted molar refractivity (Wildman–Crippen MR) is 76.9 cm³/mol. The fourth-order valence-corrected chi connectivity index (χ4v) is 1.94. The highest BCUT2D eigenvalue weighted by Crippen LogP contribution is 2.12. The molecule has 0 aliphatic rings. The molecule has 0 radical (unpaired) electrons. The number of hydrogen-bond donors (Lipinski definition) is 1. The monoisotopic (exact) mass is 250 g/mol. The number of nitrogens with two attached hydrogens (primary N) is 1. The average Bonchev–Trinajstić information content (AvgIpc) is 2.43. The molecule has 1 rings (SSSR count). The minimum Gasteiger partial charge on any atom is -0.494 e. The minimum absolute atomic E-state index is 0.586. The molecule has 0 heterocycles. The highest BCUT2D eigenvalue weighted by Gasteiger charge is 2.00. The molecule has 0 fully saturated rings. The van der Waals surface area contributed by atoms with Gasteiger partial charge < -0.3 is 15.4 Å². The summed E-state index contributed by atoms with van der Waals surface area (Å²) < 4.78 is 5.71. The van der Waals surface area contributed by atoms with E-state index in [1.165, 1.54) is 13.0 Å². The van der Waals surface area contributed by atoms with Crippen LogP contribution in [0, 0.1) is 0 Å². The molecule has 1 aromatic carbocycles. The van der Waals surface area contributed by atoms with Crippen molar-refractivity contribution in [3.05, 3.63) is 29.8 Å². The molecular weight excluding hydrogens is 224 g/mol. The second-order valence-corrected chi connectivity index (χ2v) is 4.48. The fourth-order valence-electron chi connectivity index (χ4n) is 1.94. The van der Waals surface area contributed by atoms with Gasteiger partial charge in [0, 0.05) is 13.1 Å². The third kappa shape index (κ3) is 5.52. The van der Waals surface area contributed by atoms with Crippen molar-refractivity contribution in [1.82, 2.24) is 4.90 Å². The Balaban J connectivity index is 2.20. The van der Waals surface area contributed by atoms with Crippen molar-refractivity contribution in [3.8, 4) is 5.75 Å². The van der Waals surface area contributed by atoms with Crippen molar-refractivity contribution in [3.63, 3.8) is 0 Å². The Hall–Kier alpha value is -1.06. The lowest BCUT2D eigenvalue weighted by atomic mass is 10.2. The molecule has 0 aromatic heterocycles. The van der Waals surface area contributed by atoms with Crippen LogP contribution in [0.5, 0.6) is 5.75 Å². The smallest absolute Gasteiger partial charge is 0.119 e. The van der Waals surface area contributed by atoms with Gasteiger partial charge in [-0.2, -0.15) is 0 Å². The molecule has 0 bridgehead atoms. The van der Waals surface area contributed by atoms with Crippen LogP contribution in [0.25, 0.3) is 0 Å². The first-order valence-corrected chi connectivity index (χ1v) is 6.94. The molecule has 0 unspecified atom stereocenters. The molecule has 0 saturated carbocycles. The summed E-state index contributed by atoms with van der Waals surface area (Å²) in [6, 6.07) is 8.02. The minimum atomic E-state index is 0.586. The lowest BCUT2D eigenvalue weighted by molar-refractivity contribution is 0.242. The third-order valence-electron chi connectivity index (χ3n) is 3.03. The molecule has 3 nitrogen and oxygen atoms in total. The fraction of sp³-hybridized carbons (Fsp3) is 0.600. The van der Waals surface area contributed by atoms with Crippen LogP contribution in [0.15, 0.2) is 24.3 Å². The Kier molecular flexibility index (Phi) is 7.46. The molecule has 0 spiro atoms. The Labute approximate surface area is 111 Å². The van der Waals surface area contributed by atoms with Crippen LogP contribution in [0.2, 0.25) is 0 Å². The molecule has 18 heavy (non-hydrogen) atoms. The van der Waals surface area contributed by atoms with Crippen molar-refractivity contribution in [2.45, 2.75) is 33.2 Å². The Morgan fingerprint density at radius 3 is 2.39 bits per heavy atom. The van der Waals surface area contributed by atoms with Gasteiger partial charge in [-0.1, -0.05) is 26.0 Å². The van der Waals surface area contributed by atoms with Crippen molar-refractivity contribution >= 4 is 0 Å². The highest BCUT2D eigenvalue weighted by molar-refractivity contribution is 5.26. The van der Waals surface area contributed by atoms with Crippen molar-refractivity contribution in [1.29, 1.82) is 0 Å². The molecular formula is C15H26N2O. The van der Waals surface area contributed by atoms with Gasteiger partial charge in [-0.15, -0.1) is 0 Å². The van der Waals surface area contributed by atoms with Gasteiger partial charge >= 0.3 is 0 Å². The first-order valence-electron chi connectivity index (χ1n) is 6.94. The predicted octanol–water partition coefficient (Wildman–Crippen LogP) is 2.65. The first-order chi connectivity index (χ1) is 8.80. The van der Waals surface area contributed by atoms with E-state index in [0.29, 0.717) is 6.54 Å². The van der Waals surface area contributed by atoms with Gasteiger partial charge in [-0.3, -0.25) is 0 Å². The van der Waals surface area contributed by atoms with Crippen LogP contribution in [0.3, 0.4) is 0 Å². The van der Waals surface area contributed by atoms with Gasteiger partial charge in [0.05, 0.1) is 6.61 Å². The van der Waals surface area contributed by atoms with Gasteiger partial charge in [0.2, 0.25) is 0 Å². The van der Waals surface area contributed by atoms with Crippen molar-refractivity contribution < 1.29 is 4.74 Å².